The number of aromatic amines is 1. The number of hydrogen-bond donors (Lipinski definition) is 14. The fraction of sp³-hybridized carbons (Fsp3) is 0.426. The molecular weight excluding hydrogens is 1750 g/mol. The lowest BCUT2D eigenvalue weighted by Gasteiger charge is -2.37. The second-order valence-corrected chi connectivity index (χ2v) is 34.8. The van der Waals surface area contributed by atoms with Crippen LogP contribution in [0.3, 0.4) is 0 Å². The van der Waals surface area contributed by atoms with Crippen molar-refractivity contribution in [3.63, 3.8) is 0 Å². The van der Waals surface area contributed by atoms with Crippen LogP contribution in [0.15, 0.2) is 164 Å². The predicted molar refractivity (Wildman–Crippen MR) is 487 cm³/mol. The number of aliphatic carboxylic acids is 1. The molecule has 0 spiro atoms. The van der Waals surface area contributed by atoms with Crippen molar-refractivity contribution in [2.45, 2.75) is 178 Å². The highest BCUT2D eigenvalue weighted by molar-refractivity contribution is 8.00. The number of nitrogens with two attached hydrogens (primary N) is 1. The molecule has 7 aromatic rings. The Hall–Kier alpha value is -13.9. The summed E-state index contributed by atoms with van der Waals surface area (Å²) in [5.74, 6) is -19.0. The van der Waals surface area contributed by atoms with E-state index in [9.17, 15) is 66.8 Å². The third kappa shape index (κ3) is 31.4. The quantitative estimate of drug-likeness (QED) is 0.0437. The van der Waals surface area contributed by atoms with Crippen LogP contribution in [0.1, 0.15) is 106 Å². The minimum Gasteiger partial charge on any atom is -0.508 e. The van der Waals surface area contributed by atoms with Gasteiger partial charge in [0.1, 0.15) is 78.0 Å². The van der Waals surface area contributed by atoms with Gasteiger partial charge in [-0.05, 0) is 101 Å². The van der Waals surface area contributed by atoms with Crippen LogP contribution in [-0.2, 0) is 121 Å². The Kier molecular flexibility index (Phi) is 38.8. The van der Waals surface area contributed by atoms with Crippen LogP contribution < -0.4 is 53.6 Å². The normalized spacial score (nSPS) is 21.8. The van der Waals surface area contributed by atoms with E-state index in [-0.39, 0.29) is 62.0 Å². The number of phenolic OH excluding ortho intramolecular Hbond substituents is 2. The zero-order valence-corrected chi connectivity index (χ0v) is 76.5. The van der Waals surface area contributed by atoms with Gasteiger partial charge in [-0.15, -0.1) is 11.8 Å². The molecule has 15 N–H and O–H groups in total. The lowest BCUT2D eigenvalue weighted by atomic mass is 9.98. The predicted octanol–water partition coefficient (Wildman–Crippen LogP) is 3.35. The summed E-state index contributed by atoms with van der Waals surface area (Å²) in [6.07, 6.45) is -5.68. The summed E-state index contributed by atoms with van der Waals surface area (Å²) in [6, 6.07) is 20.6. The third-order valence-electron chi connectivity index (χ3n) is 22.5. The van der Waals surface area contributed by atoms with E-state index in [1.54, 1.807) is 112 Å². The minimum absolute atomic E-state index is 0.0535. The molecule has 1 unspecified atom stereocenters. The number of para-hydroxylation sites is 1. The Labute approximate surface area is 772 Å². The largest absolute Gasteiger partial charge is 0.508 e. The molecule has 39 heteroatoms. The van der Waals surface area contributed by atoms with Crippen molar-refractivity contribution in [1.82, 2.24) is 77.3 Å². The molecule has 1 aromatic heterocycles. The molecule has 0 saturated carbocycles. The number of aromatic hydroxyl groups is 2. The Morgan fingerprint density at radius 1 is 0.481 bits per heavy atom. The first-order valence-electron chi connectivity index (χ1n) is 43.4. The highest BCUT2D eigenvalue weighted by Crippen LogP contribution is 2.30. The van der Waals surface area contributed by atoms with Crippen LogP contribution in [0.2, 0.25) is 0 Å². The number of alkyl halides is 3. The van der Waals surface area contributed by atoms with Gasteiger partial charge in [0.2, 0.25) is 88.6 Å². The van der Waals surface area contributed by atoms with E-state index in [4.69, 9.17) is 5.73 Å². The topological polar surface area (TPSA) is 500 Å². The Balaban J connectivity index is 1.22. The SMILES string of the molecule is CCCC[C@H]1C(=O)N(C)CC(=O)N[C@@H](CC(=O)O)C(=O)N[C@@H](C(C)C)C(=O)N(C)C(Cc2ccccc2)C(=O)N[C@@H](Cc2ccc(O)cc2)C(=O)N(C)CC(=O)N[C@@H](Cc2c[nH]c3ccccc23)C(=O)N[C@@H](Cc2ccc(O)cc2)C(=O)N[C@@H](CC(C)C)C(=O)N[C@H](C(=O)NCC(N)=O)CSCC(=O)N[C@@H](Cc2ccc(C(F)(F)F)cc2)C(=O)N(C)[C@@H](Cc2ccccc2)C(=O)N1C. The molecule has 1 aliphatic heterocycles. The molecule has 6 aromatic carbocycles. The summed E-state index contributed by atoms with van der Waals surface area (Å²) in [4.78, 5) is 243. The summed E-state index contributed by atoms with van der Waals surface area (Å²) in [5.41, 5.74) is 7.31. The van der Waals surface area contributed by atoms with Crippen LogP contribution in [0.4, 0.5) is 13.2 Å². The van der Waals surface area contributed by atoms with Crippen molar-refractivity contribution in [2.75, 3.05) is 66.4 Å². The van der Waals surface area contributed by atoms with E-state index in [2.05, 4.69) is 52.8 Å². The van der Waals surface area contributed by atoms with Crippen LogP contribution in [0.5, 0.6) is 11.5 Å². The maximum Gasteiger partial charge on any atom is 0.416 e. The number of likely N-dealkylation sites (N-methyl/N-ethyl adjacent to an activating group) is 5. The van der Waals surface area contributed by atoms with E-state index < -0.39 is 229 Å². The molecule has 0 radical (unpaired) electrons. The Bertz CT molecular complexity index is 5250. The average molecular weight is 1860 g/mol. The molecule has 1 aliphatic rings. The highest BCUT2D eigenvalue weighted by atomic mass is 32.2. The smallest absolute Gasteiger partial charge is 0.416 e. The van der Waals surface area contributed by atoms with Gasteiger partial charge in [-0.1, -0.05) is 163 Å². The second kappa shape index (κ2) is 49.4. The summed E-state index contributed by atoms with van der Waals surface area (Å²) >= 11 is 0.709. The number of amides is 15. The van der Waals surface area contributed by atoms with Gasteiger partial charge in [-0.3, -0.25) is 76.7 Å². The first kappa shape index (κ1) is 104. The molecule has 0 bridgehead atoms. The lowest BCUT2D eigenvalue weighted by Crippen LogP contribution is -2.61. The number of thioether (sulfide) groups is 1. The lowest BCUT2D eigenvalue weighted by molar-refractivity contribution is -0.151. The van der Waals surface area contributed by atoms with Gasteiger partial charge in [0.25, 0.3) is 0 Å². The molecule has 35 nitrogen and oxygen atoms in total. The number of phenols is 2. The first-order chi connectivity index (χ1) is 63.0. The van der Waals surface area contributed by atoms with Crippen LogP contribution >= 0.6 is 11.8 Å². The molecule has 1 saturated heterocycles. The van der Waals surface area contributed by atoms with Crippen molar-refractivity contribution in [2.24, 2.45) is 17.6 Å². The number of nitrogens with zero attached hydrogens (tertiary/aromatic N) is 5. The summed E-state index contributed by atoms with van der Waals surface area (Å²) in [6.45, 7) is 5.83. The number of benzene rings is 6. The molecule has 11 atom stereocenters. The van der Waals surface area contributed by atoms with Crippen molar-refractivity contribution in [1.29, 1.82) is 0 Å². The van der Waals surface area contributed by atoms with Crippen LogP contribution in [0, 0.1) is 11.8 Å². The molecule has 8 rings (SSSR count). The van der Waals surface area contributed by atoms with E-state index in [0.29, 0.717) is 63.3 Å². The number of aromatic nitrogens is 1. The van der Waals surface area contributed by atoms with Gasteiger partial charge in [0.15, 0.2) is 0 Å². The van der Waals surface area contributed by atoms with Crippen molar-refractivity contribution in [3.8, 4) is 11.5 Å². The zero-order chi connectivity index (χ0) is 97.7. The molecule has 0 aliphatic carbocycles. The van der Waals surface area contributed by atoms with E-state index >= 15 is 38.4 Å². The van der Waals surface area contributed by atoms with Gasteiger partial charge < -0.3 is 98.4 Å². The highest BCUT2D eigenvalue weighted by Gasteiger charge is 2.43. The van der Waals surface area contributed by atoms with Crippen molar-refractivity contribution in [3.05, 3.63) is 203 Å². The van der Waals surface area contributed by atoms with Gasteiger partial charge >= 0.3 is 12.1 Å². The maximum atomic E-state index is 15.5. The number of primary amides is 1. The number of rotatable bonds is 23. The number of H-pyrrole nitrogens is 1. The van der Waals surface area contributed by atoms with E-state index in [0.717, 1.165) is 48.8 Å². The molecule has 1 fully saturated rings. The second-order valence-electron chi connectivity index (χ2n) is 33.8. The third-order valence-corrected chi connectivity index (χ3v) is 23.5. The van der Waals surface area contributed by atoms with Gasteiger partial charge in [0, 0.05) is 96.6 Å². The summed E-state index contributed by atoms with van der Waals surface area (Å²) in [7, 11) is 6.21. The number of fused-ring (bicyclic) bond motifs is 1. The standard InChI is InChI=1S/C94H117F3N16O19S/c1-11-12-27-74-91(130)110(7)51-79(118)102-70(47-81(120)121)87(126)108-82(55(4)5)93(132)112(9)75(44-56-21-15-13-16-22-56)88(127)106-71(42-60-32-38-64(115)39-33-60)89(128)109(6)50-78(117)101-69(46-61-48-99-66-26-20-19-25-65(61)66)86(125)105-68(41-59-30-36-63(114)37-31-59)85(124)104-67(40-54(2)3)84(123)107-73(83(122)100-49-77(98)116)52-133-53-80(119)103-72(43-58-28-34-62(35-29-58)94(95,96)97)90(129)113(10)76(92(131)111(74)8)45-57-23-17-14-18-24-57/h13-26,28-39,48,54-55,67-76,82,99,114-115H,11-12,27,40-47,49-53H2,1-10H3,(H2,98,116)(H,100,122)(H,101,117)(H,102,118)(H,103,119)(H,104,124)(H,105,125)(H,106,127)(H,107,123)(H,108,126)(H,120,121)/t67-,68-,69-,70-,71-,72-,73-,74-,75?,76-,82-/m0/s1. The van der Waals surface area contributed by atoms with Crippen molar-refractivity contribution >= 4 is 117 Å². The number of carbonyl (C=O) groups is 16. The Morgan fingerprint density at radius 3 is 1.47 bits per heavy atom. The van der Waals surface area contributed by atoms with Gasteiger partial charge in [-0.25, -0.2) is 0 Å². The first-order valence-corrected chi connectivity index (χ1v) is 44.5. The van der Waals surface area contributed by atoms with Crippen LogP contribution in [0.25, 0.3) is 10.9 Å². The van der Waals surface area contributed by atoms with E-state index in [1.165, 1.54) is 97.6 Å². The minimum atomic E-state index is -4.80. The van der Waals surface area contributed by atoms with Gasteiger partial charge in [-0.2, -0.15) is 13.2 Å². The molecule has 15 amide bonds. The number of hydrogen-bond acceptors (Lipinski definition) is 19. The monoisotopic (exact) mass is 1860 g/mol. The number of carboxylic acid groups (broad SMARTS) is 1. The average Bonchev–Trinajstić information content (AvgIpc) is 1.65. The number of unbranched alkanes of at least 4 members (excludes halogenated alkanes) is 1. The number of halogens is 3. The van der Waals surface area contributed by atoms with Crippen LogP contribution in [-0.4, -0.2) is 272 Å². The summed E-state index contributed by atoms with van der Waals surface area (Å²) < 4.78 is 42.2. The van der Waals surface area contributed by atoms with Crippen molar-refractivity contribution < 1.29 is 105 Å². The van der Waals surface area contributed by atoms with E-state index in [1.807, 2.05) is 0 Å². The number of carboxylic acids is 1. The number of carbonyl (C=O) groups excluding carboxylic acids is 15. The maximum absolute atomic E-state index is 15.5. The molecule has 2 heterocycles. The fourth-order valence-corrected chi connectivity index (χ4v) is 16.0. The van der Waals surface area contributed by atoms with Gasteiger partial charge in [0.05, 0.1) is 37.4 Å². The molecular formula is C94H117F3N16O19S. The molecule has 133 heavy (non-hydrogen) atoms. The summed E-state index contributed by atoms with van der Waals surface area (Å²) in [5, 5.41) is 55.1. The number of nitrogens with one attached hydrogen (secondary N) is 10. The zero-order valence-electron chi connectivity index (χ0n) is 75.6. The Morgan fingerprint density at radius 2 is 0.932 bits per heavy atom. The molecule has 714 valence electrons. The fourth-order valence-electron chi connectivity index (χ4n) is 15.2.